The van der Waals surface area contributed by atoms with Crippen molar-refractivity contribution in [3.63, 3.8) is 0 Å². The van der Waals surface area contributed by atoms with Crippen LogP contribution in [-0.4, -0.2) is 41.8 Å². The Labute approximate surface area is 227 Å². The van der Waals surface area contributed by atoms with Gasteiger partial charge in [-0.1, -0.05) is 19.4 Å². The van der Waals surface area contributed by atoms with Crippen LogP contribution in [0.3, 0.4) is 0 Å². The van der Waals surface area contributed by atoms with E-state index < -0.39 is 0 Å². The van der Waals surface area contributed by atoms with Crippen LogP contribution in [0, 0.1) is 0 Å². The van der Waals surface area contributed by atoms with Gasteiger partial charge in [0.2, 0.25) is 5.91 Å². The maximum atomic E-state index is 12.2. The van der Waals surface area contributed by atoms with Gasteiger partial charge in [0.25, 0.3) is 0 Å². The van der Waals surface area contributed by atoms with Gasteiger partial charge in [-0.05, 0) is 55.3 Å². The summed E-state index contributed by atoms with van der Waals surface area (Å²) in [6.45, 7) is 3.62. The number of amides is 1. The molecule has 0 spiro atoms. The summed E-state index contributed by atoms with van der Waals surface area (Å²) in [5.74, 6) is 0.628. The van der Waals surface area contributed by atoms with Gasteiger partial charge in [0, 0.05) is 29.8 Å². The van der Waals surface area contributed by atoms with Gasteiger partial charge in [-0.2, -0.15) is 5.10 Å². The van der Waals surface area contributed by atoms with Crippen molar-refractivity contribution in [1.82, 2.24) is 30.1 Å². The highest BCUT2D eigenvalue weighted by atomic mass is 32.1. The number of hydrogen-bond donors (Lipinski definition) is 3. The van der Waals surface area contributed by atoms with Gasteiger partial charge in [0.05, 0.1) is 32.7 Å². The van der Waals surface area contributed by atoms with E-state index in [4.69, 9.17) is 4.98 Å². The second-order valence-electron chi connectivity index (χ2n) is 9.31. The third kappa shape index (κ3) is 4.82. The quantitative estimate of drug-likeness (QED) is 0.188. The van der Waals surface area contributed by atoms with Crippen LogP contribution in [-0.2, 0) is 4.79 Å². The van der Waals surface area contributed by atoms with Gasteiger partial charge in [0.15, 0.2) is 11.6 Å². The van der Waals surface area contributed by atoms with Crippen LogP contribution >= 0.6 is 11.3 Å². The molecule has 9 nitrogen and oxygen atoms in total. The molecule has 0 aliphatic carbocycles. The maximum absolute atomic E-state index is 12.2. The third-order valence-electron chi connectivity index (χ3n) is 6.49. The van der Waals surface area contributed by atoms with Crippen molar-refractivity contribution in [1.29, 1.82) is 0 Å². The van der Waals surface area contributed by atoms with E-state index >= 15 is 0 Å². The summed E-state index contributed by atoms with van der Waals surface area (Å²) in [6.07, 6.45) is 7.47. The molecule has 3 N–H and O–H groups in total. The molecule has 39 heavy (non-hydrogen) atoms. The summed E-state index contributed by atoms with van der Waals surface area (Å²) >= 11 is 1.41. The van der Waals surface area contributed by atoms with Crippen molar-refractivity contribution in [2.75, 3.05) is 5.32 Å². The number of aromatic amines is 2. The third-order valence-corrected chi connectivity index (χ3v) is 7.68. The van der Waals surface area contributed by atoms with Crippen LogP contribution < -0.4 is 5.32 Å². The number of H-pyrrole nitrogens is 2. The number of anilines is 1. The Morgan fingerprint density at radius 3 is 2.72 bits per heavy atom. The summed E-state index contributed by atoms with van der Waals surface area (Å²) in [7, 11) is 0. The topological polar surface area (TPSA) is 129 Å². The van der Waals surface area contributed by atoms with Crippen molar-refractivity contribution < 1.29 is 9.59 Å². The fourth-order valence-electron chi connectivity index (χ4n) is 4.48. The smallest absolute Gasteiger partial charge is 0.224 e. The normalized spacial score (nSPS) is 11.3. The predicted molar refractivity (Wildman–Crippen MR) is 154 cm³/mol. The highest BCUT2D eigenvalue weighted by Gasteiger charge is 2.18. The summed E-state index contributed by atoms with van der Waals surface area (Å²) in [6, 6.07) is 13.5. The highest BCUT2D eigenvalue weighted by molar-refractivity contribution is 7.17. The van der Waals surface area contributed by atoms with Crippen LogP contribution in [0.4, 0.5) is 5.69 Å². The fourth-order valence-corrected chi connectivity index (χ4v) is 5.38. The molecule has 0 aliphatic heterocycles. The Balaban J connectivity index is 1.36. The first-order valence-corrected chi connectivity index (χ1v) is 13.5. The number of carbonyl (C=O) groups is 2. The number of fused-ring (bicyclic) bond motifs is 2. The van der Waals surface area contributed by atoms with E-state index in [1.54, 1.807) is 25.5 Å². The van der Waals surface area contributed by atoms with E-state index in [1.165, 1.54) is 11.3 Å². The largest absolute Gasteiger partial charge is 0.336 e. The zero-order valence-electron chi connectivity index (χ0n) is 21.4. The summed E-state index contributed by atoms with van der Waals surface area (Å²) < 4.78 is 0. The number of benzene rings is 1. The van der Waals surface area contributed by atoms with Gasteiger partial charge in [-0.25, -0.2) is 4.98 Å². The zero-order chi connectivity index (χ0) is 26.9. The first kappa shape index (κ1) is 24.6. The molecule has 0 aliphatic rings. The van der Waals surface area contributed by atoms with Crippen LogP contribution in [0.1, 0.15) is 42.8 Å². The van der Waals surface area contributed by atoms with Gasteiger partial charge < -0.3 is 10.3 Å². The van der Waals surface area contributed by atoms with Gasteiger partial charge in [-0.3, -0.25) is 24.7 Å². The van der Waals surface area contributed by atoms with Crippen molar-refractivity contribution in [3.05, 3.63) is 65.9 Å². The molecule has 0 fully saturated rings. The number of ketones is 1. The SMILES string of the molecule is CCCCC(=O)Nc1cncc(-c2ccc3[nH]nc(-c4nc5c(-c6ccc(C(C)=O)s6)nccc5[nH]4)c3c2)c1. The number of imidazole rings is 1. The minimum Gasteiger partial charge on any atom is -0.336 e. The first-order chi connectivity index (χ1) is 19.0. The molecular formula is C29H25N7O2S. The van der Waals surface area contributed by atoms with E-state index in [0.29, 0.717) is 34.0 Å². The van der Waals surface area contributed by atoms with Crippen molar-refractivity contribution in [2.24, 2.45) is 0 Å². The molecule has 0 saturated heterocycles. The van der Waals surface area contributed by atoms with Crippen molar-refractivity contribution in [3.8, 4) is 33.2 Å². The minimum absolute atomic E-state index is 0.0119. The van der Waals surface area contributed by atoms with Crippen molar-refractivity contribution in [2.45, 2.75) is 33.1 Å². The molecule has 6 aromatic rings. The van der Waals surface area contributed by atoms with Crippen LogP contribution in [0.15, 0.2) is 61.1 Å². The average Bonchev–Trinajstić information content (AvgIpc) is 3.69. The number of Topliss-reactive ketones (excluding diaryl/α,β-unsaturated/α-hetero) is 1. The van der Waals surface area contributed by atoms with E-state index in [1.807, 2.05) is 42.5 Å². The molecule has 1 aromatic carbocycles. The lowest BCUT2D eigenvalue weighted by Gasteiger charge is -2.07. The van der Waals surface area contributed by atoms with E-state index in [-0.39, 0.29) is 11.7 Å². The molecule has 10 heteroatoms. The van der Waals surface area contributed by atoms with E-state index in [9.17, 15) is 9.59 Å². The Hall–Kier alpha value is -4.70. The molecule has 0 bridgehead atoms. The molecule has 1 amide bonds. The number of nitrogens with one attached hydrogen (secondary N) is 3. The summed E-state index contributed by atoms with van der Waals surface area (Å²) in [4.78, 5) is 42.7. The summed E-state index contributed by atoms with van der Waals surface area (Å²) in [5.41, 5.74) is 6.30. The second-order valence-corrected chi connectivity index (χ2v) is 10.4. The molecule has 0 radical (unpaired) electrons. The molecule has 0 unspecified atom stereocenters. The molecule has 0 atom stereocenters. The minimum atomic E-state index is -0.0119. The number of nitrogens with zero attached hydrogens (tertiary/aromatic N) is 4. The number of pyridine rings is 2. The zero-order valence-corrected chi connectivity index (χ0v) is 22.2. The molecule has 5 heterocycles. The lowest BCUT2D eigenvalue weighted by Crippen LogP contribution is -2.11. The highest BCUT2D eigenvalue weighted by Crippen LogP contribution is 2.34. The number of rotatable bonds is 8. The predicted octanol–water partition coefficient (Wildman–Crippen LogP) is 6.62. The Morgan fingerprint density at radius 2 is 1.90 bits per heavy atom. The standard InChI is InChI=1S/C29H25N7O2S/c1-3-4-5-25(38)32-19-12-18(14-30-15-19)17-6-7-21-20(13-17)26(36-35-21)29-33-22-10-11-31-28(27(22)34-29)24-9-8-23(39-24)16(2)37/h6-15H,3-5H2,1-2H3,(H,32,38)(H,33,34)(H,35,36). The van der Waals surface area contributed by atoms with E-state index in [2.05, 4.69) is 37.4 Å². The fraction of sp³-hybridized carbons (Fsp3) is 0.172. The molecule has 6 rings (SSSR count). The Kier molecular flexibility index (Phi) is 6.45. The second kappa shape index (κ2) is 10.2. The number of unbranched alkanes of at least 4 members (excludes halogenated alkanes) is 1. The molecule has 5 aromatic heterocycles. The van der Waals surface area contributed by atoms with Crippen LogP contribution in [0.5, 0.6) is 0 Å². The maximum Gasteiger partial charge on any atom is 0.224 e. The molecular weight excluding hydrogens is 510 g/mol. The Morgan fingerprint density at radius 1 is 1.00 bits per heavy atom. The summed E-state index contributed by atoms with van der Waals surface area (Å²) in [5, 5.41) is 11.5. The molecule has 194 valence electrons. The number of aromatic nitrogens is 6. The van der Waals surface area contributed by atoms with Gasteiger partial charge >= 0.3 is 0 Å². The Bertz CT molecular complexity index is 1850. The van der Waals surface area contributed by atoms with E-state index in [0.717, 1.165) is 51.0 Å². The first-order valence-electron chi connectivity index (χ1n) is 12.7. The number of hydrogen-bond acceptors (Lipinski definition) is 7. The lowest BCUT2D eigenvalue weighted by molar-refractivity contribution is -0.116. The lowest BCUT2D eigenvalue weighted by atomic mass is 10.0. The van der Waals surface area contributed by atoms with Crippen molar-refractivity contribution >= 4 is 50.7 Å². The van der Waals surface area contributed by atoms with Gasteiger partial charge in [0.1, 0.15) is 16.9 Å². The number of carbonyl (C=O) groups excluding carboxylic acids is 2. The molecule has 0 saturated carbocycles. The monoisotopic (exact) mass is 535 g/mol. The van der Waals surface area contributed by atoms with Crippen LogP contribution in [0.25, 0.3) is 55.2 Å². The van der Waals surface area contributed by atoms with Gasteiger partial charge in [-0.15, -0.1) is 11.3 Å². The number of thiophene rings is 1. The average molecular weight is 536 g/mol. The van der Waals surface area contributed by atoms with Crippen LogP contribution in [0.2, 0.25) is 0 Å².